The first kappa shape index (κ1) is 10.0. The third-order valence-corrected chi connectivity index (χ3v) is 2.17. The zero-order valence-corrected chi connectivity index (χ0v) is 8.59. The molecule has 0 N–H and O–H groups in total. The highest BCUT2D eigenvalue weighted by Crippen LogP contribution is 2.29. The molecule has 1 rings (SSSR count). The Kier molecular flexibility index (Phi) is 3.13. The summed E-state index contributed by atoms with van der Waals surface area (Å²) in [5.41, 5.74) is 0.0744. The van der Waals surface area contributed by atoms with E-state index in [1.54, 1.807) is 0 Å². The summed E-state index contributed by atoms with van der Waals surface area (Å²) >= 11 is 0. The van der Waals surface area contributed by atoms with Crippen molar-refractivity contribution in [2.24, 2.45) is 0 Å². The van der Waals surface area contributed by atoms with Crippen molar-refractivity contribution in [1.29, 1.82) is 0 Å². The predicted molar refractivity (Wildman–Crippen MR) is 49.3 cm³/mol. The third kappa shape index (κ3) is 3.11. The molecular weight excluding hydrogens is 152 g/mol. The average molecular weight is 172 g/mol. The second kappa shape index (κ2) is 3.75. The molecule has 0 aromatic rings. The van der Waals surface area contributed by atoms with Crippen molar-refractivity contribution < 1.29 is 9.47 Å². The molecule has 1 unspecified atom stereocenters. The Labute approximate surface area is 75.2 Å². The van der Waals surface area contributed by atoms with Crippen molar-refractivity contribution in [1.82, 2.24) is 0 Å². The Morgan fingerprint density at radius 1 is 1.50 bits per heavy atom. The van der Waals surface area contributed by atoms with Crippen molar-refractivity contribution in [3.05, 3.63) is 0 Å². The molecule has 0 amide bonds. The van der Waals surface area contributed by atoms with Crippen LogP contribution < -0.4 is 0 Å². The maximum atomic E-state index is 5.77. The Morgan fingerprint density at radius 2 is 2.17 bits per heavy atom. The Morgan fingerprint density at radius 3 is 2.58 bits per heavy atom. The van der Waals surface area contributed by atoms with E-state index in [1.165, 1.54) is 0 Å². The molecule has 72 valence electrons. The zero-order valence-electron chi connectivity index (χ0n) is 8.59. The molecule has 0 aromatic heterocycles. The molecule has 1 atom stereocenters. The minimum atomic E-state index is 0.0744. The Bertz CT molecular complexity index is 141. The smallest absolute Gasteiger partial charge is 0.0816 e. The van der Waals surface area contributed by atoms with E-state index in [2.05, 4.69) is 27.7 Å². The number of hydrogen-bond donors (Lipinski definition) is 0. The lowest BCUT2D eigenvalue weighted by atomic mass is 10.1. The fourth-order valence-corrected chi connectivity index (χ4v) is 1.49. The van der Waals surface area contributed by atoms with Crippen molar-refractivity contribution in [3.63, 3.8) is 0 Å². The molecule has 1 saturated heterocycles. The van der Waals surface area contributed by atoms with Crippen LogP contribution in [-0.4, -0.2) is 24.4 Å². The lowest BCUT2D eigenvalue weighted by molar-refractivity contribution is -0.0642. The van der Waals surface area contributed by atoms with Gasteiger partial charge in [0.15, 0.2) is 0 Å². The molecule has 0 saturated carbocycles. The molecule has 1 aliphatic rings. The fraction of sp³-hybridized carbons (Fsp3) is 1.00. The molecular formula is C10H20O2. The molecule has 1 heterocycles. The minimum Gasteiger partial charge on any atom is -0.376 e. The molecule has 2 heteroatoms. The standard InChI is InChI=1S/C10H20O2/c1-8(2)11-7-9-5-6-10(3,4)12-9/h8-9H,5-7H2,1-4H3. The number of ether oxygens (including phenoxy) is 2. The lowest BCUT2D eigenvalue weighted by Crippen LogP contribution is -2.23. The van der Waals surface area contributed by atoms with E-state index in [-0.39, 0.29) is 5.60 Å². The largest absolute Gasteiger partial charge is 0.376 e. The van der Waals surface area contributed by atoms with Crippen LogP contribution in [0.15, 0.2) is 0 Å². The molecule has 0 radical (unpaired) electrons. The molecule has 1 aliphatic heterocycles. The molecule has 1 fully saturated rings. The maximum absolute atomic E-state index is 5.77. The van der Waals surface area contributed by atoms with Gasteiger partial charge in [0.2, 0.25) is 0 Å². The van der Waals surface area contributed by atoms with Gasteiger partial charge in [-0.15, -0.1) is 0 Å². The summed E-state index contributed by atoms with van der Waals surface area (Å²) in [6.45, 7) is 9.14. The van der Waals surface area contributed by atoms with E-state index in [0.717, 1.165) is 19.4 Å². The summed E-state index contributed by atoms with van der Waals surface area (Å²) < 4.78 is 11.3. The van der Waals surface area contributed by atoms with Gasteiger partial charge < -0.3 is 9.47 Å². The summed E-state index contributed by atoms with van der Waals surface area (Å²) in [5.74, 6) is 0. The highest BCUT2D eigenvalue weighted by Gasteiger charge is 2.31. The first-order valence-corrected chi connectivity index (χ1v) is 4.79. The van der Waals surface area contributed by atoms with Crippen LogP contribution in [0.2, 0.25) is 0 Å². The van der Waals surface area contributed by atoms with Crippen LogP contribution in [0, 0.1) is 0 Å². The van der Waals surface area contributed by atoms with Crippen LogP contribution in [0.5, 0.6) is 0 Å². The zero-order chi connectivity index (χ0) is 9.19. The van der Waals surface area contributed by atoms with Crippen LogP contribution in [0.3, 0.4) is 0 Å². The number of rotatable bonds is 3. The SMILES string of the molecule is CC(C)OCC1CCC(C)(C)O1. The van der Waals surface area contributed by atoms with Gasteiger partial charge in [-0.2, -0.15) is 0 Å². The van der Waals surface area contributed by atoms with Gasteiger partial charge in [0.25, 0.3) is 0 Å². The van der Waals surface area contributed by atoms with Gasteiger partial charge in [0.1, 0.15) is 0 Å². The van der Waals surface area contributed by atoms with E-state index in [0.29, 0.717) is 12.2 Å². The van der Waals surface area contributed by atoms with E-state index < -0.39 is 0 Å². The van der Waals surface area contributed by atoms with E-state index in [9.17, 15) is 0 Å². The lowest BCUT2D eigenvalue weighted by Gasteiger charge is -2.19. The summed E-state index contributed by atoms with van der Waals surface area (Å²) in [7, 11) is 0. The molecule has 2 nitrogen and oxygen atoms in total. The topological polar surface area (TPSA) is 18.5 Å². The summed E-state index contributed by atoms with van der Waals surface area (Å²) in [6, 6.07) is 0. The first-order valence-electron chi connectivity index (χ1n) is 4.79. The molecule has 0 bridgehead atoms. The summed E-state index contributed by atoms with van der Waals surface area (Å²) in [6.07, 6.45) is 2.93. The van der Waals surface area contributed by atoms with Crippen LogP contribution in [0.25, 0.3) is 0 Å². The molecule has 12 heavy (non-hydrogen) atoms. The van der Waals surface area contributed by atoms with E-state index in [1.807, 2.05) is 0 Å². The maximum Gasteiger partial charge on any atom is 0.0816 e. The summed E-state index contributed by atoms with van der Waals surface area (Å²) in [5, 5.41) is 0. The third-order valence-electron chi connectivity index (χ3n) is 2.17. The Hall–Kier alpha value is -0.0800. The van der Waals surface area contributed by atoms with Crippen LogP contribution in [-0.2, 0) is 9.47 Å². The second-order valence-corrected chi connectivity index (χ2v) is 4.42. The summed E-state index contributed by atoms with van der Waals surface area (Å²) in [4.78, 5) is 0. The normalized spacial score (nSPS) is 28.2. The minimum absolute atomic E-state index is 0.0744. The van der Waals surface area contributed by atoms with Gasteiger partial charge in [-0.1, -0.05) is 0 Å². The quantitative estimate of drug-likeness (QED) is 0.650. The predicted octanol–water partition coefficient (Wildman–Crippen LogP) is 2.37. The highest BCUT2D eigenvalue weighted by molar-refractivity contribution is 4.80. The van der Waals surface area contributed by atoms with Gasteiger partial charge >= 0.3 is 0 Å². The van der Waals surface area contributed by atoms with E-state index >= 15 is 0 Å². The van der Waals surface area contributed by atoms with Crippen molar-refractivity contribution in [2.75, 3.05) is 6.61 Å². The van der Waals surface area contributed by atoms with Gasteiger partial charge in [-0.25, -0.2) is 0 Å². The highest BCUT2D eigenvalue weighted by atomic mass is 16.6. The van der Waals surface area contributed by atoms with Crippen molar-refractivity contribution in [2.45, 2.75) is 58.3 Å². The van der Waals surface area contributed by atoms with Gasteiger partial charge in [0, 0.05) is 0 Å². The molecule has 0 aromatic carbocycles. The van der Waals surface area contributed by atoms with Crippen LogP contribution in [0.1, 0.15) is 40.5 Å². The number of hydrogen-bond acceptors (Lipinski definition) is 2. The molecule has 0 aliphatic carbocycles. The average Bonchev–Trinajstić information content (AvgIpc) is 2.26. The molecule has 0 spiro atoms. The van der Waals surface area contributed by atoms with Gasteiger partial charge in [-0.05, 0) is 40.5 Å². The van der Waals surface area contributed by atoms with Crippen molar-refractivity contribution in [3.8, 4) is 0 Å². The van der Waals surface area contributed by atoms with Crippen LogP contribution >= 0.6 is 0 Å². The van der Waals surface area contributed by atoms with Crippen molar-refractivity contribution >= 4 is 0 Å². The monoisotopic (exact) mass is 172 g/mol. The van der Waals surface area contributed by atoms with Gasteiger partial charge in [-0.3, -0.25) is 0 Å². The fourth-order valence-electron chi connectivity index (χ4n) is 1.49. The van der Waals surface area contributed by atoms with Crippen LogP contribution in [0.4, 0.5) is 0 Å². The second-order valence-electron chi connectivity index (χ2n) is 4.42. The first-order chi connectivity index (χ1) is 5.49. The van der Waals surface area contributed by atoms with E-state index in [4.69, 9.17) is 9.47 Å². The van der Waals surface area contributed by atoms with Gasteiger partial charge in [0.05, 0.1) is 24.4 Å². The Balaban J connectivity index is 2.20.